The van der Waals surface area contributed by atoms with E-state index in [0.717, 1.165) is 5.57 Å². The van der Waals surface area contributed by atoms with Crippen molar-refractivity contribution < 1.29 is 48.0 Å². The fourth-order valence-electron chi connectivity index (χ4n) is 6.79. The zero-order chi connectivity index (χ0) is 30.9. The van der Waals surface area contributed by atoms with Gasteiger partial charge in [-0.2, -0.15) is 0 Å². The monoisotopic (exact) mass is 576 g/mol. The Kier molecular flexibility index (Phi) is 9.91. The van der Waals surface area contributed by atoms with Gasteiger partial charge < -0.3 is 24.1 Å². The molecule has 0 aromatic carbocycles. The van der Waals surface area contributed by atoms with Crippen LogP contribution in [0.3, 0.4) is 0 Å². The van der Waals surface area contributed by atoms with Gasteiger partial charge in [0.25, 0.3) is 0 Å². The molecule has 1 heterocycles. The number of esters is 4. The molecule has 1 aliphatic heterocycles. The molecule has 9 atom stereocenters. The first-order valence-electron chi connectivity index (χ1n) is 14.1. The molecule has 10 nitrogen and oxygen atoms in total. The van der Waals surface area contributed by atoms with E-state index >= 15 is 0 Å². The summed E-state index contributed by atoms with van der Waals surface area (Å²) in [6, 6.07) is 0. The summed E-state index contributed by atoms with van der Waals surface area (Å²) < 4.78 is 29.0. The summed E-state index contributed by atoms with van der Waals surface area (Å²) >= 11 is 0. The lowest BCUT2D eigenvalue weighted by atomic mass is 9.44. The number of allylic oxidation sites excluding steroid dienone is 3. The maximum atomic E-state index is 12.8. The summed E-state index contributed by atoms with van der Waals surface area (Å²) in [5, 5.41) is 12.2. The third-order valence-corrected chi connectivity index (χ3v) is 8.82. The van der Waals surface area contributed by atoms with Gasteiger partial charge in [0.05, 0.1) is 5.41 Å². The van der Waals surface area contributed by atoms with Gasteiger partial charge in [-0.3, -0.25) is 23.9 Å². The minimum atomic E-state index is -1.48. The zero-order valence-electron chi connectivity index (χ0n) is 25.3. The second-order valence-corrected chi connectivity index (χ2v) is 12.2. The molecule has 41 heavy (non-hydrogen) atoms. The molecule has 0 bridgehead atoms. The first kappa shape index (κ1) is 32.5. The highest BCUT2D eigenvalue weighted by Crippen LogP contribution is 2.67. The molecule has 0 aromatic rings. The highest BCUT2D eigenvalue weighted by atomic mass is 16.8. The van der Waals surface area contributed by atoms with Crippen LogP contribution < -0.4 is 0 Å². The summed E-state index contributed by atoms with van der Waals surface area (Å²) in [6.45, 7) is 17.2. The van der Waals surface area contributed by atoms with Gasteiger partial charge in [-0.1, -0.05) is 52.0 Å². The topological polar surface area (TPSA) is 135 Å². The van der Waals surface area contributed by atoms with Crippen LogP contribution >= 0.6 is 0 Å². The number of rotatable bonds is 9. The van der Waals surface area contributed by atoms with Crippen LogP contribution in [0.15, 0.2) is 36.0 Å². The standard InChI is InChI=1S/C31H44O10/c1-10-17(4)11-12-30(9)18(5)26(37-19(6)32)27(36)31-23(28(38-20(7)33)41-29(31)39-21(8)34)14-22(15-24(30)31)40-25(35)13-16(2)3/h10-11,14,16,18,22,24,26-29,36H,1,12-13,15H2,2-9H3/b17-11-/t18-,22+,24+,26-,27+,28+,29-,30-,31?/m1/s1. The van der Waals surface area contributed by atoms with E-state index in [1.807, 2.05) is 40.7 Å². The Bertz CT molecular complexity index is 1120. The number of carbonyl (C=O) groups excluding carboxylic acids is 4. The molecule has 0 radical (unpaired) electrons. The van der Waals surface area contributed by atoms with Crippen molar-refractivity contribution in [2.24, 2.45) is 28.6 Å². The van der Waals surface area contributed by atoms with Crippen molar-refractivity contribution in [2.45, 2.75) is 106 Å². The van der Waals surface area contributed by atoms with E-state index < -0.39 is 71.5 Å². The summed E-state index contributed by atoms with van der Waals surface area (Å²) in [5.41, 5.74) is -0.973. The molecule has 2 fully saturated rings. The van der Waals surface area contributed by atoms with Crippen LogP contribution in [0.1, 0.15) is 74.7 Å². The molecule has 1 unspecified atom stereocenters. The summed E-state index contributed by atoms with van der Waals surface area (Å²) in [4.78, 5) is 49.6. The zero-order valence-corrected chi connectivity index (χ0v) is 25.3. The highest BCUT2D eigenvalue weighted by Gasteiger charge is 2.74. The summed E-state index contributed by atoms with van der Waals surface area (Å²) in [5.74, 6) is -3.17. The second kappa shape index (κ2) is 12.5. The van der Waals surface area contributed by atoms with E-state index in [9.17, 15) is 24.3 Å². The van der Waals surface area contributed by atoms with Gasteiger partial charge in [0.15, 0.2) is 0 Å². The minimum absolute atomic E-state index is 0.0769. The Morgan fingerprint density at radius 1 is 1.07 bits per heavy atom. The second-order valence-electron chi connectivity index (χ2n) is 12.2. The minimum Gasteiger partial charge on any atom is -0.459 e. The predicted molar refractivity (Wildman–Crippen MR) is 148 cm³/mol. The molecular formula is C31H44O10. The Balaban J connectivity index is 2.31. The van der Waals surface area contributed by atoms with E-state index in [0.29, 0.717) is 12.0 Å². The third kappa shape index (κ3) is 6.28. The number of carbonyl (C=O) groups is 4. The SMILES string of the molecule is C=C/C(C)=C\C[C@]1(C)[C@H](C)[C@@H](OC(C)=O)[C@H](O)C23C(=C[C@H](OC(=O)CC(C)C)C[C@H]21)[C@@H](OC(C)=O)O[C@H]3OC(C)=O. The lowest BCUT2D eigenvalue weighted by Crippen LogP contribution is -2.68. The van der Waals surface area contributed by atoms with E-state index in [-0.39, 0.29) is 24.7 Å². The van der Waals surface area contributed by atoms with E-state index in [1.54, 1.807) is 12.2 Å². The number of ether oxygens (including phenoxy) is 5. The van der Waals surface area contributed by atoms with Crippen LogP contribution in [0.4, 0.5) is 0 Å². The van der Waals surface area contributed by atoms with Crippen molar-refractivity contribution in [1.82, 2.24) is 0 Å². The van der Waals surface area contributed by atoms with Crippen LogP contribution in [0.5, 0.6) is 0 Å². The number of hydrogen-bond acceptors (Lipinski definition) is 10. The van der Waals surface area contributed by atoms with Gasteiger partial charge in [-0.15, -0.1) is 0 Å². The predicted octanol–water partition coefficient (Wildman–Crippen LogP) is 4.16. The first-order chi connectivity index (χ1) is 19.1. The van der Waals surface area contributed by atoms with Crippen molar-refractivity contribution in [3.05, 3.63) is 36.0 Å². The fraction of sp³-hybridized carbons (Fsp3) is 0.677. The Labute approximate surface area is 242 Å². The molecule has 1 spiro atoms. The first-order valence-corrected chi connectivity index (χ1v) is 14.1. The average molecular weight is 577 g/mol. The van der Waals surface area contributed by atoms with Crippen molar-refractivity contribution in [1.29, 1.82) is 0 Å². The van der Waals surface area contributed by atoms with Crippen LogP contribution in [-0.2, 0) is 42.9 Å². The van der Waals surface area contributed by atoms with Crippen molar-refractivity contribution in [3.8, 4) is 0 Å². The Morgan fingerprint density at radius 3 is 2.22 bits per heavy atom. The Hall–Kier alpha value is -2.98. The van der Waals surface area contributed by atoms with Crippen molar-refractivity contribution >= 4 is 23.9 Å². The quantitative estimate of drug-likeness (QED) is 0.185. The normalized spacial score (nSPS) is 36.4. The molecule has 1 saturated heterocycles. The van der Waals surface area contributed by atoms with E-state index in [2.05, 4.69) is 6.58 Å². The molecule has 3 aliphatic rings. The van der Waals surface area contributed by atoms with Crippen LogP contribution in [0.25, 0.3) is 0 Å². The molecule has 10 heteroatoms. The van der Waals surface area contributed by atoms with Crippen LogP contribution in [0.2, 0.25) is 0 Å². The molecule has 3 rings (SSSR count). The smallest absolute Gasteiger partial charge is 0.306 e. The van der Waals surface area contributed by atoms with E-state index in [1.165, 1.54) is 20.8 Å². The van der Waals surface area contributed by atoms with Gasteiger partial charge in [0.1, 0.15) is 18.3 Å². The highest BCUT2D eigenvalue weighted by molar-refractivity contribution is 5.70. The van der Waals surface area contributed by atoms with E-state index in [4.69, 9.17) is 23.7 Å². The third-order valence-electron chi connectivity index (χ3n) is 8.82. The maximum Gasteiger partial charge on any atom is 0.306 e. The van der Waals surface area contributed by atoms with Crippen LogP contribution in [0, 0.1) is 28.6 Å². The molecule has 2 aliphatic carbocycles. The number of hydrogen-bond donors (Lipinski definition) is 1. The molecule has 0 amide bonds. The molecular weight excluding hydrogens is 532 g/mol. The van der Waals surface area contributed by atoms with Gasteiger partial charge >= 0.3 is 23.9 Å². The van der Waals surface area contributed by atoms with Crippen molar-refractivity contribution in [2.75, 3.05) is 0 Å². The average Bonchev–Trinajstić information content (AvgIpc) is 3.14. The van der Waals surface area contributed by atoms with Gasteiger partial charge in [-0.05, 0) is 43.1 Å². The lowest BCUT2D eigenvalue weighted by Gasteiger charge is -2.62. The van der Waals surface area contributed by atoms with Crippen LogP contribution in [-0.4, -0.2) is 59.9 Å². The molecule has 228 valence electrons. The lowest BCUT2D eigenvalue weighted by molar-refractivity contribution is -0.275. The largest absolute Gasteiger partial charge is 0.459 e. The summed E-state index contributed by atoms with van der Waals surface area (Å²) in [7, 11) is 0. The van der Waals surface area contributed by atoms with Gasteiger partial charge in [0, 0.05) is 38.7 Å². The number of aliphatic hydroxyl groups excluding tert-OH is 1. The van der Waals surface area contributed by atoms with Gasteiger partial charge in [0.2, 0.25) is 12.6 Å². The summed E-state index contributed by atoms with van der Waals surface area (Å²) in [6.07, 6.45) is 0.422. The fourth-order valence-corrected chi connectivity index (χ4v) is 6.79. The number of aliphatic hydroxyl groups is 1. The van der Waals surface area contributed by atoms with Crippen molar-refractivity contribution in [3.63, 3.8) is 0 Å². The molecule has 1 N–H and O–H groups in total. The Morgan fingerprint density at radius 2 is 1.68 bits per heavy atom. The molecule has 0 aromatic heterocycles. The van der Waals surface area contributed by atoms with Gasteiger partial charge in [-0.25, -0.2) is 0 Å². The molecule has 1 saturated carbocycles. The maximum absolute atomic E-state index is 12.8.